The summed E-state index contributed by atoms with van der Waals surface area (Å²) in [4.78, 5) is 19.1. The number of halogens is 3. The molecule has 10 heteroatoms. The number of alkyl halides is 2. The molecule has 35 heavy (non-hydrogen) atoms. The molecule has 1 aliphatic carbocycles. The lowest BCUT2D eigenvalue weighted by atomic mass is 9.78. The fourth-order valence-corrected chi connectivity index (χ4v) is 5.03. The van der Waals surface area contributed by atoms with Crippen molar-refractivity contribution in [1.82, 2.24) is 19.5 Å². The summed E-state index contributed by atoms with van der Waals surface area (Å²) in [6.07, 6.45) is 1.65. The van der Waals surface area contributed by atoms with Crippen LogP contribution in [0.3, 0.4) is 0 Å². The predicted molar refractivity (Wildman–Crippen MR) is 127 cm³/mol. The normalized spacial score (nSPS) is 23.8. The molecule has 1 unspecified atom stereocenters. The molecule has 1 saturated carbocycles. The lowest BCUT2D eigenvalue weighted by Crippen LogP contribution is -2.45. The Morgan fingerprint density at radius 2 is 1.80 bits per heavy atom. The maximum atomic E-state index is 13.8. The van der Waals surface area contributed by atoms with Crippen molar-refractivity contribution < 1.29 is 27.8 Å². The molecule has 1 saturated heterocycles. The van der Waals surface area contributed by atoms with Gasteiger partial charge in [-0.3, -0.25) is 4.70 Å². The molecule has 2 aliphatic rings. The highest BCUT2D eigenvalue weighted by Gasteiger charge is 2.38. The maximum absolute atomic E-state index is 13.8. The number of nitrogens with zero attached hydrogens (tertiary/aromatic N) is 4. The van der Waals surface area contributed by atoms with Crippen molar-refractivity contribution in [3.8, 4) is 0 Å². The Morgan fingerprint density at radius 1 is 1.14 bits per heavy atom. The van der Waals surface area contributed by atoms with E-state index in [9.17, 15) is 13.6 Å². The van der Waals surface area contributed by atoms with Gasteiger partial charge in [0.25, 0.3) is 0 Å². The van der Waals surface area contributed by atoms with E-state index >= 15 is 0 Å². The van der Waals surface area contributed by atoms with Crippen molar-refractivity contribution >= 4 is 11.7 Å². The number of morpholine rings is 1. The first kappa shape index (κ1) is 27.2. The number of hydrogen-bond donors (Lipinski definition) is 0. The molecule has 196 valence electrons. The molecule has 1 amide bonds. The van der Waals surface area contributed by atoms with Gasteiger partial charge in [0.15, 0.2) is 5.65 Å². The number of amides is 1. The van der Waals surface area contributed by atoms with Crippen LogP contribution in [-0.2, 0) is 9.47 Å². The molecule has 0 radical (unpaired) electrons. The summed E-state index contributed by atoms with van der Waals surface area (Å²) in [5.74, 6) is -3.06. The zero-order valence-corrected chi connectivity index (χ0v) is 21.4. The van der Waals surface area contributed by atoms with Crippen LogP contribution in [0, 0.1) is 19.8 Å². The number of rotatable bonds is 3. The third-order valence-electron chi connectivity index (χ3n) is 7.03. The molecule has 1 aliphatic heterocycles. The molecule has 2 aromatic rings. The zero-order chi connectivity index (χ0) is 24.8. The molecular weight excluding hydrogens is 461 g/mol. The second-order valence-corrected chi connectivity index (χ2v) is 10.8. The third-order valence-corrected chi connectivity index (χ3v) is 7.03. The highest BCUT2D eigenvalue weighted by Crippen LogP contribution is 2.42. The minimum Gasteiger partial charge on any atom is -0.444 e. The lowest BCUT2D eigenvalue weighted by molar-refractivity contribution is -0.0547. The van der Waals surface area contributed by atoms with E-state index < -0.39 is 17.4 Å². The Bertz CT molecular complexity index is 1050. The lowest BCUT2D eigenvalue weighted by Gasteiger charge is -2.35. The number of aromatic nitrogens is 3. The smallest absolute Gasteiger partial charge is 0.410 e. The largest absolute Gasteiger partial charge is 0.444 e. The number of fused-ring (bicyclic) bond motifs is 1. The summed E-state index contributed by atoms with van der Waals surface area (Å²) < 4.78 is 41.0. The van der Waals surface area contributed by atoms with E-state index in [2.05, 4.69) is 0 Å². The fourth-order valence-electron chi connectivity index (χ4n) is 5.03. The highest BCUT2D eigenvalue weighted by atomic mass is 19.3. The summed E-state index contributed by atoms with van der Waals surface area (Å²) >= 11 is 0. The Kier molecular flexibility index (Phi) is 7.74. The van der Waals surface area contributed by atoms with Crippen LogP contribution in [0.25, 0.3) is 5.65 Å². The SMILES string of the molecule is Cc1nc2cc(C3CCC(C(C)(F)F)CC3)nn2c(C2CN(C(=O)OC(C)(C)C)CCO2)c1C.F. The van der Waals surface area contributed by atoms with Crippen LogP contribution >= 0.6 is 0 Å². The van der Waals surface area contributed by atoms with Crippen molar-refractivity contribution in [3.05, 3.63) is 28.7 Å². The van der Waals surface area contributed by atoms with Crippen molar-refractivity contribution in [2.24, 2.45) is 5.92 Å². The second-order valence-electron chi connectivity index (χ2n) is 10.8. The number of carbonyl (C=O) groups excluding carboxylic acids is 1. The average molecular weight is 499 g/mol. The Morgan fingerprint density at radius 3 is 2.40 bits per heavy atom. The average Bonchev–Trinajstić information content (AvgIpc) is 3.16. The van der Waals surface area contributed by atoms with E-state index in [1.54, 1.807) is 4.90 Å². The molecule has 0 bridgehead atoms. The van der Waals surface area contributed by atoms with Gasteiger partial charge in [-0.1, -0.05) is 0 Å². The van der Waals surface area contributed by atoms with Crippen molar-refractivity contribution in [3.63, 3.8) is 0 Å². The van der Waals surface area contributed by atoms with Crippen molar-refractivity contribution in [2.45, 2.75) is 90.8 Å². The van der Waals surface area contributed by atoms with Crippen molar-refractivity contribution in [1.29, 1.82) is 0 Å². The molecular formula is C25H37F3N4O3. The van der Waals surface area contributed by atoms with Gasteiger partial charge in [-0.05, 0) is 72.8 Å². The van der Waals surface area contributed by atoms with Gasteiger partial charge in [0, 0.05) is 30.1 Å². The fraction of sp³-hybridized carbons (Fsp3) is 0.720. The number of carbonyl (C=O) groups is 1. The van der Waals surface area contributed by atoms with Crippen LogP contribution < -0.4 is 0 Å². The first-order valence-electron chi connectivity index (χ1n) is 12.2. The summed E-state index contributed by atoms with van der Waals surface area (Å²) in [5, 5.41) is 4.88. The van der Waals surface area contributed by atoms with Gasteiger partial charge in [-0.15, -0.1) is 0 Å². The monoisotopic (exact) mass is 498 g/mol. The Balaban J connectivity index is 0.00000342. The quantitative estimate of drug-likeness (QED) is 0.540. The van der Waals surface area contributed by atoms with Crippen LogP contribution in [0.1, 0.15) is 88.0 Å². The molecule has 2 aromatic heterocycles. The van der Waals surface area contributed by atoms with Crippen LogP contribution in [0.4, 0.5) is 18.3 Å². The summed E-state index contributed by atoms with van der Waals surface area (Å²) in [7, 11) is 0. The minimum absolute atomic E-state index is 0. The Labute approximate surface area is 204 Å². The molecule has 0 aromatic carbocycles. The van der Waals surface area contributed by atoms with Gasteiger partial charge in [-0.25, -0.2) is 23.1 Å². The highest BCUT2D eigenvalue weighted by molar-refractivity contribution is 5.68. The molecule has 0 N–H and O–H groups in total. The van der Waals surface area contributed by atoms with E-state index in [0.717, 1.165) is 29.6 Å². The first-order chi connectivity index (χ1) is 15.8. The standard InChI is InChI=1S/C25H36F2N4O3.FH/c1-15-16(2)28-21-13-19(17-7-9-18(10-8-17)25(6,26)27)29-31(21)22(15)20-14-30(11-12-33-20)23(32)34-24(3,4)5;/h13,17-18,20H,7-12,14H2,1-6H3;1H. The van der Waals surface area contributed by atoms with Crippen LogP contribution in [0.2, 0.25) is 0 Å². The minimum atomic E-state index is -2.63. The summed E-state index contributed by atoms with van der Waals surface area (Å²) in [6.45, 7) is 11.7. The molecule has 3 heterocycles. The second kappa shape index (κ2) is 9.95. The maximum Gasteiger partial charge on any atom is 0.410 e. The zero-order valence-electron chi connectivity index (χ0n) is 21.4. The number of hydrogen-bond acceptors (Lipinski definition) is 5. The number of ether oxygens (including phenoxy) is 2. The van der Waals surface area contributed by atoms with Gasteiger partial charge in [0.2, 0.25) is 5.92 Å². The molecule has 7 nitrogen and oxygen atoms in total. The molecule has 1 atom stereocenters. The van der Waals surface area contributed by atoms with Crippen LogP contribution in [0.5, 0.6) is 0 Å². The van der Waals surface area contributed by atoms with Gasteiger partial charge >= 0.3 is 6.09 Å². The van der Waals surface area contributed by atoms with E-state index in [-0.39, 0.29) is 22.8 Å². The van der Waals surface area contributed by atoms with Gasteiger partial charge in [0.1, 0.15) is 11.7 Å². The van der Waals surface area contributed by atoms with Crippen molar-refractivity contribution in [2.75, 3.05) is 19.7 Å². The van der Waals surface area contributed by atoms with Gasteiger partial charge in [-0.2, -0.15) is 5.10 Å². The predicted octanol–water partition coefficient (Wildman–Crippen LogP) is 5.74. The first-order valence-corrected chi connectivity index (χ1v) is 12.2. The Hall–Kier alpha value is -2.36. The van der Waals surface area contributed by atoms with E-state index in [1.807, 2.05) is 45.2 Å². The third kappa shape index (κ3) is 5.90. The van der Waals surface area contributed by atoms with Crippen LogP contribution in [-0.4, -0.2) is 56.8 Å². The molecule has 2 fully saturated rings. The van der Waals surface area contributed by atoms with Gasteiger partial charge < -0.3 is 14.4 Å². The molecule has 4 rings (SSSR count). The van der Waals surface area contributed by atoms with Crippen LogP contribution in [0.15, 0.2) is 6.07 Å². The summed E-state index contributed by atoms with van der Waals surface area (Å²) in [5.41, 5.74) is 3.74. The number of aryl methyl sites for hydroxylation is 1. The molecule has 0 spiro atoms. The topological polar surface area (TPSA) is 69.0 Å². The summed E-state index contributed by atoms with van der Waals surface area (Å²) in [6, 6.07) is 1.97. The van der Waals surface area contributed by atoms with E-state index in [1.165, 1.54) is 0 Å². The van der Waals surface area contributed by atoms with E-state index in [4.69, 9.17) is 19.6 Å². The van der Waals surface area contributed by atoms with E-state index in [0.29, 0.717) is 51.0 Å². The van der Waals surface area contributed by atoms with Gasteiger partial charge in [0.05, 0.1) is 24.5 Å².